The summed E-state index contributed by atoms with van der Waals surface area (Å²) in [6, 6.07) is 0. The zero-order chi connectivity index (χ0) is 9.26. The van der Waals surface area contributed by atoms with E-state index < -0.39 is 0 Å². The van der Waals surface area contributed by atoms with Gasteiger partial charge in [-0.25, -0.2) is 4.98 Å². The van der Waals surface area contributed by atoms with Crippen molar-refractivity contribution in [2.24, 2.45) is 0 Å². The van der Waals surface area contributed by atoms with Crippen LogP contribution in [0.4, 0.5) is 0 Å². The molecule has 0 bridgehead atoms. The van der Waals surface area contributed by atoms with Gasteiger partial charge in [-0.1, -0.05) is 6.92 Å². The maximum atomic E-state index is 5.18. The van der Waals surface area contributed by atoms with Crippen molar-refractivity contribution in [3.63, 3.8) is 0 Å². The van der Waals surface area contributed by atoms with Gasteiger partial charge in [0, 0.05) is 13.3 Å². The number of oxazole rings is 1. The van der Waals surface area contributed by atoms with Gasteiger partial charge in [-0.05, 0) is 0 Å². The Bertz CT molecular complexity index is 405. The fourth-order valence-corrected chi connectivity index (χ4v) is 0.972. The van der Waals surface area contributed by atoms with Crippen molar-refractivity contribution in [1.82, 2.24) is 15.2 Å². The third-order valence-electron chi connectivity index (χ3n) is 1.60. The van der Waals surface area contributed by atoms with Crippen molar-refractivity contribution in [1.29, 1.82) is 0 Å². The van der Waals surface area contributed by atoms with E-state index in [0.29, 0.717) is 23.4 Å². The molecule has 0 aromatic carbocycles. The van der Waals surface area contributed by atoms with Crippen LogP contribution in [0.25, 0.3) is 11.6 Å². The van der Waals surface area contributed by atoms with E-state index in [2.05, 4.69) is 15.2 Å². The summed E-state index contributed by atoms with van der Waals surface area (Å²) in [5.74, 6) is 1.60. The first-order valence-electron chi connectivity index (χ1n) is 4.04. The van der Waals surface area contributed by atoms with E-state index in [1.54, 1.807) is 6.92 Å². The molecule has 13 heavy (non-hydrogen) atoms. The SMILES string of the molecule is CCc1nc(-c2nnc(C)o2)co1. The third kappa shape index (κ3) is 1.44. The second-order valence-corrected chi connectivity index (χ2v) is 2.61. The van der Waals surface area contributed by atoms with Crippen molar-refractivity contribution in [3.8, 4) is 11.6 Å². The van der Waals surface area contributed by atoms with Gasteiger partial charge < -0.3 is 8.83 Å². The molecule has 68 valence electrons. The Morgan fingerprint density at radius 3 is 2.77 bits per heavy atom. The average molecular weight is 179 g/mol. The number of hydrogen-bond donors (Lipinski definition) is 0. The number of aryl methyl sites for hydroxylation is 2. The van der Waals surface area contributed by atoms with Crippen molar-refractivity contribution < 1.29 is 8.83 Å². The highest BCUT2D eigenvalue weighted by atomic mass is 16.4. The molecule has 0 aliphatic heterocycles. The van der Waals surface area contributed by atoms with Crippen LogP contribution in [0.5, 0.6) is 0 Å². The second kappa shape index (κ2) is 3.01. The minimum absolute atomic E-state index is 0.404. The molecule has 0 aliphatic rings. The Morgan fingerprint density at radius 2 is 2.23 bits per heavy atom. The first kappa shape index (κ1) is 7.97. The highest BCUT2D eigenvalue weighted by Crippen LogP contribution is 2.16. The summed E-state index contributed by atoms with van der Waals surface area (Å²) < 4.78 is 10.3. The van der Waals surface area contributed by atoms with Crippen molar-refractivity contribution in [2.45, 2.75) is 20.3 Å². The van der Waals surface area contributed by atoms with Crippen LogP contribution in [0.1, 0.15) is 18.7 Å². The molecule has 0 atom stereocenters. The molecule has 0 N–H and O–H groups in total. The molecule has 0 aliphatic carbocycles. The minimum Gasteiger partial charge on any atom is -0.448 e. The van der Waals surface area contributed by atoms with Crippen LogP contribution >= 0.6 is 0 Å². The van der Waals surface area contributed by atoms with Gasteiger partial charge >= 0.3 is 0 Å². The maximum Gasteiger partial charge on any atom is 0.269 e. The summed E-state index contributed by atoms with van der Waals surface area (Å²) >= 11 is 0. The van der Waals surface area contributed by atoms with E-state index in [1.165, 1.54) is 6.26 Å². The lowest BCUT2D eigenvalue weighted by atomic mass is 10.5. The van der Waals surface area contributed by atoms with E-state index in [1.807, 2.05) is 6.92 Å². The Hall–Kier alpha value is -1.65. The maximum absolute atomic E-state index is 5.18. The lowest BCUT2D eigenvalue weighted by Gasteiger charge is -1.82. The van der Waals surface area contributed by atoms with Crippen LogP contribution in [0.15, 0.2) is 15.1 Å². The molecule has 0 amide bonds. The molecule has 5 heteroatoms. The molecule has 0 radical (unpaired) electrons. The van der Waals surface area contributed by atoms with Crippen LogP contribution in [-0.4, -0.2) is 15.2 Å². The fraction of sp³-hybridized carbons (Fsp3) is 0.375. The first-order chi connectivity index (χ1) is 6.29. The highest BCUT2D eigenvalue weighted by Gasteiger charge is 2.10. The van der Waals surface area contributed by atoms with E-state index >= 15 is 0 Å². The smallest absolute Gasteiger partial charge is 0.269 e. The van der Waals surface area contributed by atoms with Crippen molar-refractivity contribution >= 4 is 0 Å². The van der Waals surface area contributed by atoms with Crippen LogP contribution in [0, 0.1) is 6.92 Å². The second-order valence-electron chi connectivity index (χ2n) is 2.61. The summed E-state index contributed by atoms with van der Waals surface area (Å²) in [4.78, 5) is 4.15. The molecule has 0 fully saturated rings. The van der Waals surface area contributed by atoms with Gasteiger partial charge in [-0.2, -0.15) is 0 Å². The van der Waals surface area contributed by atoms with Crippen LogP contribution in [0.3, 0.4) is 0 Å². The van der Waals surface area contributed by atoms with Crippen molar-refractivity contribution in [3.05, 3.63) is 18.0 Å². The summed E-state index contributed by atoms with van der Waals surface area (Å²) in [6.45, 7) is 3.70. The summed E-state index contributed by atoms with van der Waals surface area (Å²) in [6.07, 6.45) is 2.28. The Balaban J connectivity index is 2.35. The Kier molecular flexibility index (Phi) is 1.84. The van der Waals surface area contributed by atoms with E-state index in [0.717, 1.165) is 6.42 Å². The monoisotopic (exact) mass is 179 g/mol. The number of hydrogen-bond acceptors (Lipinski definition) is 5. The standard InChI is InChI=1S/C8H9N3O2/c1-3-7-9-6(4-12-7)8-11-10-5(2)13-8/h4H,3H2,1-2H3. The molecular weight excluding hydrogens is 170 g/mol. The zero-order valence-electron chi connectivity index (χ0n) is 7.44. The van der Waals surface area contributed by atoms with Crippen molar-refractivity contribution in [2.75, 3.05) is 0 Å². The number of nitrogens with zero attached hydrogens (tertiary/aromatic N) is 3. The Morgan fingerprint density at radius 1 is 1.38 bits per heavy atom. The zero-order valence-corrected chi connectivity index (χ0v) is 7.44. The van der Waals surface area contributed by atoms with Gasteiger partial charge in [0.1, 0.15) is 6.26 Å². The molecule has 5 nitrogen and oxygen atoms in total. The van der Waals surface area contributed by atoms with Crippen LogP contribution in [-0.2, 0) is 6.42 Å². The predicted octanol–water partition coefficient (Wildman–Crippen LogP) is 1.60. The predicted molar refractivity (Wildman–Crippen MR) is 43.9 cm³/mol. The van der Waals surface area contributed by atoms with E-state index in [-0.39, 0.29) is 0 Å². The largest absolute Gasteiger partial charge is 0.448 e. The number of rotatable bonds is 2. The van der Waals surface area contributed by atoms with Gasteiger partial charge in [0.05, 0.1) is 0 Å². The van der Waals surface area contributed by atoms with Gasteiger partial charge in [-0.3, -0.25) is 0 Å². The molecule has 0 unspecified atom stereocenters. The summed E-state index contributed by atoms with van der Waals surface area (Å²) in [5.41, 5.74) is 0.595. The Labute approximate surface area is 74.8 Å². The molecule has 0 spiro atoms. The van der Waals surface area contributed by atoms with Gasteiger partial charge in [0.25, 0.3) is 5.89 Å². The number of aromatic nitrogens is 3. The molecule has 2 aromatic rings. The fourth-order valence-electron chi connectivity index (χ4n) is 0.972. The molecule has 0 saturated heterocycles. The van der Waals surface area contributed by atoms with Gasteiger partial charge in [0.15, 0.2) is 11.6 Å². The van der Waals surface area contributed by atoms with Gasteiger partial charge in [0.2, 0.25) is 5.89 Å². The molecule has 2 heterocycles. The molecule has 0 saturated carbocycles. The molecule has 2 aromatic heterocycles. The lowest BCUT2D eigenvalue weighted by Crippen LogP contribution is -1.80. The average Bonchev–Trinajstić information content (AvgIpc) is 2.71. The summed E-state index contributed by atoms with van der Waals surface area (Å²) in [7, 11) is 0. The minimum atomic E-state index is 0.404. The third-order valence-corrected chi connectivity index (χ3v) is 1.60. The highest BCUT2D eigenvalue weighted by molar-refractivity contribution is 5.43. The first-order valence-corrected chi connectivity index (χ1v) is 4.04. The van der Waals surface area contributed by atoms with Crippen LogP contribution < -0.4 is 0 Å². The van der Waals surface area contributed by atoms with E-state index in [9.17, 15) is 0 Å². The lowest BCUT2D eigenvalue weighted by molar-refractivity contribution is 0.501. The van der Waals surface area contributed by atoms with Gasteiger partial charge in [-0.15, -0.1) is 10.2 Å². The topological polar surface area (TPSA) is 65.0 Å². The normalized spacial score (nSPS) is 10.6. The summed E-state index contributed by atoms with van der Waals surface area (Å²) in [5, 5.41) is 7.52. The molecule has 2 rings (SSSR count). The van der Waals surface area contributed by atoms with Crippen LogP contribution in [0.2, 0.25) is 0 Å². The molecular formula is C8H9N3O2. The quantitative estimate of drug-likeness (QED) is 0.700. The van der Waals surface area contributed by atoms with E-state index in [4.69, 9.17) is 8.83 Å².